The average Bonchev–Trinajstić information content (AvgIpc) is 3.09. The Bertz CT molecular complexity index is 396. The molecule has 4 rings (SSSR count). The fourth-order valence-electron chi connectivity index (χ4n) is 4.62. The van der Waals surface area contributed by atoms with E-state index in [-0.39, 0.29) is 11.5 Å². The second kappa shape index (κ2) is 5.76. The van der Waals surface area contributed by atoms with Gasteiger partial charge in [0.1, 0.15) is 6.10 Å². The SMILES string of the molecule is C1CCN(CC2CON=C([C@]34CCC[C@H]3NCC4)O2)CC1. The van der Waals surface area contributed by atoms with Gasteiger partial charge in [-0.1, -0.05) is 18.0 Å². The van der Waals surface area contributed by atoms with Gasteiger partial charge in [-0.3, -0.25) is 4.90 Å². The molecule has 2 saturated heterocycles. The lowest BCUT2D eigenvalue weighted by atomic mass is 9.82. The van der Waals surface area contributed by atoms with Gasteiger partial charge >= 0.3 is 0 Å². The Balaban J connectivity index is 1.41. The largest absolute Gasteiger partial charge is 0.470 e. The van der Waals surface area contributed by atoms with Gasteiger partial charge in [-0.25, -0.2) is 0 Å². The predicted octanol–water partition coefficient (Wildman–Crippen LogP) is 1.73. The summed E-state index contributed by atoms with van der Waals surface area (Å²) >= 11 is 0. The van der Waals surface area contributed by atoms with Gasteiger partial charge in [0.25, 0.3) is 0 Å². The summed E-state index contributed by atoms with van der Waals surface area (Å²) in [6.07, 6.45) is 9.05. The van der Waals surface area contributed by atoms with Gasteiger partial charge in [-0.15, -0.1) is 0 Å². The third kappa shape index (κ3) is 2.55. The lowest BCUT2D eigenvalue weighted by Gasteiger charge is -2.36. The van der Waals surface area contributed by atoms with E-state index in [1.807, 2.05) is 0 Å². The van der Waals surface area contributed by atoms with Crippen LogP contribution in [0.1, 0.15) is 44.9 Å². The third-order valence-corrected chi connectivity index (χ3v) is 5.77. The monoisotopic (exact) mass is 293 g/mol. The Kier molecular flexibility index (Phi) is 3.79. The molecule has 1 saturated carbocycles. The van der Waals surface area contributed by atoms with Crippen molar-refractivity contribution in [1.29, 1.82) is 0 Å². The van der Waals surface area contributed by atoms with Crippen molar-refractivity contribution in [1.82, 2.24) is 10.2 Å². The lowest BCUT2D eigenvalue weighted by Crippen LogP contribution is -2.47. The van der Waals surface area contributed by atoms with Gasteiger partial charge in [-0.05, 0) is 51.7 Å². The maximum atomic E-state index is 6.32. The molecular weight excluding hydrogens is 266 g/mol. The molecule has 21 heavy (non-hydrogen) atoms. The normalized spacial score (nSPS) is 40.3. The molecule has 3 atom stereocenters. The second-order valence-corrected chi connectivity index (χ2v) is 7.10. The highest BCUT2D eigenvalue weighted by molar-refractivity contribution is 5.84. The minimum Gasteiger partial charge on any atom is -0.470 e. The average molecular weight is 293 g/mol. The Morgan fingerprint density at radius 1 is 1.19 bits per heavy atom. The maximum absolute atomic E-state index is 6.32. The van der Waals surface area contributed by atoms with E-state index in [9.17, 15) is 0 Å². The number of rotatable bonds is 3. The minimum atomic E-state index is 0.126. The van der Waals surface area contributed by atoms with E-state index in [0.29, 0.717) is 12.6 Å². The van der Waals surface area contributed by atoms with Crippen molar-refractivity contribution in [3.05, 3.63) is 0 Å². The Morgan fingerprint density at radius 3 is 3.00 bits per heavy atom. The molecule has 0 radical (unpaired) electrons. The predicted molar refractivity (Wildman–Crippen MR) is 81.2 cm³/mol. The van der Waals surface area contributed by atoms with Crippen molar-refractivity contribution in [3.63, 3.8) is 0 Å². The first-order valence-corrected chi connectivity index (χ1v) is 8.70. The molecule has 1 unspecified atom stereocenters. The van der Waals surface area contributed by atoms with Crippen LogP contribution < -0.4 is 5.32 Å². The fourth-order valence-corrected chi connectivity index (χ4v) is 4.62. The van der Waals surface area contributed by atoms with Crippen molar-refractivity contribution >= 4 is 5.90 Å². The molecule has 3 fully saturated rings. The third-order valence-electron chi connectivity index (χ3n) is 5.77. The van der Waals surface area contributed by atoms with E-state index in [1.54, 1.807) is 0 Å². The summed E-state index contributed by atoms with van der Waals surface area (Å²) in [5, 5.41) is 7.95. The summed E-state index contributed by atoms with van der Waals surface area (Å²) in [5.74, 6) is 0.892. The molecule has 4 aliphatic rings. The number of nitrogens with one attached hydrogen (secondary N) is 1. The number of oxime groups is 1. The molecule has 1 N–H and O–H groups in total. The Labute approximate surface area is 127 Å². The molecule has 5 heteroatoms. The minimum absolute atomic E-state index is 0.126. The topological polar surface area (TPSA) is 46.1 Å². The van der Waals surface area contributed by atoms with Crippen LogP contribution in [0.5, 0.6) is 0 Å². The van der Waals surface area contributed by atoms with Crippen molar-refractivity contribution in [2.75, 3.05) is 32.8 Å². The number of ether oxygens (including phenoxy) is 1. The molecule has 118 valence electrons. The fraction of sp³-hybridized carbons (Fsp3) is 0.938. The summed E-state index contributed by atoms with van der Waals surface area (Å²) in [7, 11) is 0. The van der Waals surface area contributed by atoms with E-state index in [2.05, 4.69) is 15.4 Å². The van der Waals surface area contributed by atoms with Crippen molar-refractivity contribution in [2.45, 2.75) is 57.1 Å². The van der Waals surface area contributed by atoms with Gasteiger partial charge < -0.3 is 14.9 Å². The van der Waals surface area contributed by atoms with Gasteiger partial charge in [0.05, 0.1) is 5.41 Å². The van der Waals surface area contributed by atoms with Gasteiger partial charge in [0.2, 0.25) is 5.90 Å². The summed E-state index contributed by atoms with van der Waals surface area (Å²) in [6, 6.07) is 0.550. The van der Waals surface area contributed by atoms with Crippen LogP contribution in [0.4, 0.5) is 0 Å². The van der Waals surface area contributed by atoms with Crippen LogP contribution in [0.25, 0.3) is 0 Å². The van der Waals surface area contributed by atoms with Crippen LogP contribution >= 0.6 is 0 Å². The van der Waals surface area contributed by atoms with Crippen LogP contribution in [-0.4, -0.2) is 55.7 Å². The van der Waals surface area contributed by atoms with Crippen LogP contribution in [-0.2, 0) is 9.57 Å². The molecular formula is C16H27N3O2. The zero-order valence-corrected chi connectivity index (χ0v) is 12.9. The summed E-state index contributed by atoms with van der Waals surface area (Å²) in [5.41, 5.74) is 0.126. The molecule has 0 aromatic rings. The van der Waals surface area contributed by atoms with Gasteiger partial charge in [-0.2, -0.15) is 0 Å². The highest BCUT2D eigenvalue weighted by Gasteiger charge is 2.52. The quantitative estimate of drug-likeness (QED) is 0.861. The molecule has 0 aromatic carbocycles. The van der Waals surface area contributed by atoms with Gasteiger partial charge in [0, 0.05) is 12.6 Å². The molecule has 5 nitrogen and oxygen atoms in total. The summed E-state index contributed by atoms with van der Waals surface area (Å²) in [6.45, 7) is 5.11. The van der Waals surface area contributed by atoms with E-state index < -0.39 is 0 Å². The standard InChI is InChI=1S/C16H27N3O2/c1-2-9-19(10-3-1)11-13-12-20-18-15(21-13)16-6-4-5-14(16)17-8-7-16/h13-14,17H,1-12H2/t13?,14-,16+/m1/s1. The first-order chi connectivity index (χ1) is 10.4. The summed E-state index contributed by atoms with van der Waals surface area (Å²) < 4.78 is 6.32. The van der Waals surface area contributed by atoms with E-state index in [0.717, 1.165) is 25.4 Å². The number of likely N-dealkylation sites (tertiary alicyclic amines) is 1. The van der Waals surface area contributed by atoms with Crippen LogP contribution in [0.15, 0.2) is 5.16 Å². The van der Waals surface area contributed by atoms with Crippen molar-refractivity contribution in [2.24, 2.45) is 10.6 Å². The number of fused-ring (bicyclic) bond motifs is 1. The maximum Gasteiger partial charge on any atom is 0.234 e. The lowest BCUT2D eigenvalue weighted by molar-refractivity contribution is -0.0216. The molecule has 0 spiro atoms. The summed E-state index contributed by atoms with van der Waals surface area (Å²) in [4.78, 5) is 8.09. The van der Waals surface area contributed by atoms with Crippen molar-refractivity contribution < 1.29 is 9.57 Å². The first-order valence-electron chi connectivity index (χ1n) is 8.70. The number of hydrogen-bond acceptors (Lipinski definition) is 5. The zero-order valence-electron chi connectivity index (χ0n) is 12.9. The zero-order chi connectivity index (χ0) is 14.1. The highest BCUT2D eigenvalue weighted by atomic mass is 16.7. The Hall–Kier alpha value is -0.810. The number of hydrogen-bond donors (Lipinski definition) is 1. The molecule has 3 aliphatic heterocycles. The van der Waals surface area contributed by atoms with Crippen LogP contribution in [0.3, 0.4) is 0 Å². The van der Waals surface area contributed by atoms with Crippen molar-refractivity contribution in [3.8, 4) is 0 Å². The molecule has 3 heterocycles. The van der Waals surface area contributed by atoms with E-state index >= 15 is 0 Å². The van der Waals surface area contributed by atoms with E-state index in [1.165, 1.54) is 51.6 Å². The van der Waals surface area contributed by atoms with Crippen LogP contribution in [0, 0.1) is 5.41 Å². The Morgan fingerprint density at radius 2 is 2.10 bits per heavy atom. The molecule has 1 aliphatic carbocycles. The second-order valence-electron chi connectivity index (χ2n) is 7.10. The number of piperidine rings is 1. The van der Waals surface area contributed by atoms with Gasteiger partial charge in [0.15, 0.2) is 6.61 Å². The molecule has 0 amide bonds. The highest BCUT2D eigenvalue weighted by Crippen LogP contribution is 2.46. The van der Waals surface area contributed by atoms with E-state index in [4.69, 9.17) is 9.57 Å². The molecule has 0 bridgehead atoms. The van der Waals surface area contributed by atoms with Crippen LogP contribution in [0.2, 0.25) is 0 Å². The molecule has 0 aromatic heterocycles. The number of nitrogens with zero attached hydrogens (tertiary/aromatic N) is 2. The smallest absolute Gasteiger partial charge is 0.234 e. The first kappa shape index (κ1) is 13.8.